The number of furan rings is 1. The van der Waals surface area contributed by atoms with Gasteiger partial charge in [-0.2, -0.15) is 0 Å². The van der Waals surface area contributed by atoms with Gasteiger partial charge in [0.25, 0.3) is 0 Å². The lowest BCUT2D eigenvalue weighted by Gasteiger charge is -2.10. The summed E-state index contributed by atoms with van der Waals surface area (Å²) in [6.07, 6.45) is 0. The van der Waals surface area contributed by atoms with Crippen LogP contribution in [0.5, 0.6) is 0 Å². The minimum atomic E-state index is 0.600. The summed E-state index contributed by atoms with van der Waals surface area (Å²) in [5, 5.41) is 5.16. The number of oxazole rings is 1. The predicted octanol–water partition coefficient (Wildman–Crippen LogP) is 9.82. The van der Waals surface area contributed by atoms with Crippen LogP contribution in [0, 0.1) is 0 Å². The third kappa shape index (κ3) is 3.54. The monoisotopic (exact) mass is 539 g/mol. The van der Waals surface area contributed by atoms with Crippen molar-refractivity contribution >= 4 is 54.7 Å². The van der Waals surface area contributed by atoms with Crippen LogP contribution in [-0.2, 0) is 0 Å². The van der Waals surface area contributed by atoms with Crippen LogP contribution in [0.1, 0.15) is 0 Å². The van der Waals surface area contributed by atoms with Crippen LogP contribution in [0.4, 0.5) is 0 Å². The van der Waals surface area contributed by atoms with E-state index in [0.717, 1.165) is 77.1 Å². The molecule has 9 aromatic rings. The number of rotatable bonds is 3. The second kappa shape index (κ2) is 8.85. The molecule has 3 heterocycles. The molecule has 0 fully saturated rings. The highest BCUT2D eigenvalue weighted by molar-refractivity contribution is 6.19. The van der Waals surface area contributed by atoms with E-state index in [0.29, 0.717) is 11.7 Å². The molecule has 3 aromatic heterocycles. The fourth-order valence-electron chi connectivity index (χ4n) is 5.86. The molecule has 42 heavy (non-hydrogen) atoms. The lowest BCUT2D eigenvalue weighted by atomic mass is 10.0. The third-order valence-electron chi connectivity index (χ3n) is 7.88. The average molecular weight is 540 g/mol. The Morgan fingerprint density at radius 3 is 2.07 bits per heavy atom. The minimum absolute atomic E-state index is 0.600. The Bertz CT molecular complexity index is 2460. The van der Waals surface area contributed by atoms with Crippen LogP contribution < -0.4 is 0 Å². The third-order valence-corrected chi connectivity index (χ3v) is 7.88. The van der Waals surface area contributed by atoms with Gasteiger partial charge in [0.05, 0.1) is 16.6 Å². The Balaban J connectivity index is 1.22. The van der Waals surface area contributed by atoms with E-state index in [-0.39, 0.29) is 0 Å². The molecule has 0 aliphatic heterocycles. The van der Waals surface area contributed by atoms with Crippen molar-refractivity contribution in [3.05, 3.63) is 127 Å². The molecule has 5 heteroatoms. The highest BCUT2D eigenvalue weighted by Gasteiger charge is 2.18. The normalized spacial score (nSPS) is 11.8. The molecule has 196 valence electrons. The summed E-state index contributed by atoms with van der Waals surface area (Å²) in [7, 11) is 0. The largest absolute Gasteiger partial charge is 0.456 e. The van der Waals surface area contributed by atoms with E-state index in [9.17, 15) is 0 Å². The Morgan fingerprint density at radius 2 is 1.21 bits per heavy atom. The van der Waals surface area contributed by atoms with Gasteiger partial charge in [0.1, 0.15) is 16.7 Å². The number of nitrogens with zero attached hydrogens (tertiary/aromatic N) is 3. The van der Waals surface area contributed by atoms with Gasteiger partial charge in [0.2, 0.25) is 5.89 Å². The van der Waals surface area contributed by atoms with Crippen LogP contribution in [0.25, 0.3) is 88.8 Å². The molecule has 0 aliphatic carbocycles. The smallest absolute Gasteiger partial charge is 0.227 e. The van der Waals surface area contributed by atoms with Crippen LogP contribution in [0.2, 0.25) is 0 Å². The van der Waals surface area contributed by atoms with E-state index in [1.807, 2.05) is 78.9 Å². The molecule has 0 unspecified atom stereocenters. The van der Waals surface area contributed by atoms with Gasteiger partial charge in [-0.25, -0.2) is 15.0 Å². The van der Waals surface area contributed by atoms with E-state index in [2.05, 4.69) is 48.5 Å². The average Bonchev–Trinajstić information content (AvgIpc) is 3.65. The van der Waals surface area contributed by atoms with Crippen LogP contribution in [-0.4, -0.2) is 15.0 Å². The molecule has 0 N–H and O–H groups in total. The molecule has 0 aliphatic rings. The van der Waals surface area contributed by atoms with Gasteiger partial charge < -0.3 is 8.83 Å². The number of hydrogen-bond acceptors (Lipinski definition) is 5. The molecule has 6 aromatic carbocycles. The summed E-state index contributed by atoms with van der Waals surface area (Å²) in [5.74, 6) is 1.29. The Morgan fingerprint density at radius 1 is 0.452 bits per heavy atom. The second-order valence-corrected chi connectivity index (χ2v) is 10.5. The molecule has 0 radical (unpaired) electrons. The van der Waals surface area contributed by atoms with Crippen molar-refractivity contribution in [3.8, 4) is 34.1 Å². The molecule has 0 atom stereocenters. The van der Waals surface area contributed by atoms with Crippen molar-refractivity contribution in [1.29, 1.82) is 0 Å². The number of hydrogen-bond donors (Lipinski definition) is 0. The maximum Gasteiger partial charge on any atom is 0.227 e. The zero-order valence-corrected chi connectivity index (χ0v) is 22.3. The highest BCUT2D eigenvalue weighted by Crippen LogP contribution is 2.39. The summed E-state index contributed by atoms with van der Waals surface area (Å²) in [4.78, 5) is 14.9. The molecular formula is C37H21N3O2. The first kappa shape index (κ1) is 22.9. The van der Waals surface area contributed by atoms with Crippen molar-refractivity contribution in [2.45, 2.75) is 0 Å². The van der Waals surface area contributed by atoms with Gasteiger partial charge in [-0.15, -0.1) is 0 Å². The minimum Gasteiger partial charge on any atom is -0.456 e. The number of benzene rings is 6. The van der Waals surface area contributed by atoms with Crippen LogP contribution >= 0.6 is 0 Å². The summed E-state index contributed by atoms with van der Waals surface area (Å²) in [6.45, 7) is 0. The molecule has 0 saturated heterocycles. The second-order valence-electron chi connectivity index (χ2n) is 10.5. The van der Waals surface area contributed by atoms with Crippen molar-refractivity contribution in [2.75, 3.05) is 0 Å². The standard InChI is InChI=1S/C37H21N3O2/c1-3-9-22(10-4-1)34-27-13-7-8-14-29(27)38-36(39-34)25-16-15-24-20-28-32(21-26(24)19-25)41-30-17-18-31-35(33(28)30)40-37(42-31)23-11-5-2-6-12-23/h1-21H. The van der Waals surface area contributed by atoms with Gasteiger partial charge in [-0.05, 0) is 59.3 Å². The van der Waals surface area contributed by atoms with E-state index in [4.69, 9.17) is 23.8 Å². The van der Waals surface area contributed by atoms with E-state index in [1.165, 1.54) is 0 Å². The Kier molecular flexibility index (Phi) is 4.83. The summed E-state index contributed by atoms with van der Waals surface area (Å²) < 4.78 is 12.5. The summed E-state index contributed by atoms with van der Waals surface area (Å²) in [5.41, 5.74) is 7.93. The zero-order chi connectivity index (χ0) is 27.6. The van der Waals surface area contributed by atoms with Crippen LogP contribution in [0.3, 0.4) is 0 Å². The number of para-hydroxylation sites is 1. The summed E-state index contributed by atoms with van der Waals surface area (Å²) >= 11 is 0. The van der Waals surface area contributed by atoms with E-state index >= 15 is 0 Å². The molecular weight excluding hydrogens is 518 g/mol. The van der Waals surface area contributed by atoms with Crippen molar-refractivity contribution in [2.24, 2.45) is 0 Å². The number of fused-ring (bicyclic) bond motifs is 7. The fourth-order valence-corrected chi connectivity index (χ4v) is 5.86. The quantitative estimate of drug-likeness (QED) is 0.224. The lowest BCUT2D eigenvalue weighted by Crippen LogP contribution is -1.95. The maximum atomic E-state index is 6.35. The summed E-state index contributed by atoms with van der Waals surface area (Å²) in [6, 6.07) is 42.9. The van der Waals surface area contributed by atoms with Gasteiger partial charge in [-0.1, -0.05) is 78.9 Å². The Hall–Kier alpha value is -5.81. The first-order chi connectivity index (χ1) is 20.8. The maximum absolute atomic E-state index is 6.35. The molecule has 5 nitrogen and oxygen atoms in total. The van der Waals surface area contributed by atoms with Crippen molar-refractivity contribution in [3.63, 3.8) is 0 Å². The molecule has 0 spiro atoms. The molecule has 0 amide bonds. The van der Waals surface area contributed by atoms with Crippen molar-refractivity contribution < 1.29 is 8.83 Å². The lowest BCUT2D eigenvalue weighted by molar-refractivity contribution is 0.619. The number of aromatic nitrogens is 3. The van der Waals surface area contributed by atoms with Gasteiger partial charge in [0, 0.05) is 27.5 Å². The van der Waals surface area contributed by atoms with Crippen LogP contribution in [0.15, 0.2) is 136 Å². The molecule has 0 bridgehead atoms. The van der Waals surface area contributed by atoms with Gasteiger partial charge in [-0.3, -0.25) is 0 Å². The topological polar surface area (TPSA) is 65.0 Å². The van der Waals surface area contributed by atoms with E-state index < -0.39 is 0 Å². The molecule has 0 saturated carbocycles. The first-order valence-corrected chi connectivity index (χ1v) is 13.9. The van der Waals surface area contributed by atoms with Crippen molar-refractivity contribution in [1.82, 2.24) is 15.0 Å². The highest BCUT2D eigenvalue weighted by atomic mass is 16.4. The van der Waals surface area contributed by atoms with Gasteiger partial charge >= 0.3 is 0 Å². The molecule has 9 rings (SSSR count). The van der Waals surface area contributed by atoms with Gasteiger partial charge in [0.15, 0.2) is 11.4 Å². The SMILES string of the molecule is c1ccc(-c2nc3c(ccc4oc5cc6cc(-c7nc(-c8ccccc8)c8ccccc8n7)ccc6cc5c43)o2)cc1. The first-order valence-electron chi connectivity index (χ1n) is 13.9. The Labute approximate surface area is 239 Å². The van der Waals surface area contributed by atoms with E-state index in [1.54, 1.807) is 0 Å². The zero-order valence-electron chi connectivity index (χ0n) is 22.3. The fraction of sp³-hybridized carbons (Fsp3) is 0. The predicted molar refractivity (Wildman–Crippen MR) is 168 cm³/mol.